The Balaban J connectivity index is 1.85. The van der Waals surface area contributed by atoms with E-state index < -0.39 is 23.5 Å². The average molecular weight is 389 g/mol. The molecule has 3 aromatic rings. The predicted octanol–water partition coefficient (Wildman–Crippen LogP) is 3.24. The monoisotopic (exact) mass is 389 g/mol. The molecule has 1 aliphatic heterocycles. The number of hydrogen-bond donors (Lipinski definition) is 1. The van der Waals surface area contributed by atoms with E-state index in [0.29, 0.717) is 5.56 Å². The highest BCUT2D eigenvalue weighted by molar-refractivity contribution is 6.46. The van der Waals surface area contributed by atoms with E-state index in [4.69, 9.17) is 0 Å². The van der Waals surface area contributed by atoms with Gasteiger partial charge in [0.1, 0.15) is 11.6 Å². The van der Waals surface area contributed by atoms with E-state index in [9.17, 15) is 19.1 Å². The first kappa shape index (κ1) is 18.5. The third-order valence-corrected chi connectivity index (χ3v) is 4.76. The summed E-state index contributed by atoms with van der Waals surface area (Å²) in [5, 5.41) is 10.8. The fourth-order valence-corrected chi connectivity index (χ4v) is 3.39. The molecule has 1 aliphatic rings. The molecule has 1 amide bonds. The number of amides is 1. The van der Waals surface area contributed by atoms with Gasteiger partial charge in [-0.05, 0) is 53.6 Å². The molecule has 29 heavy (non-hydrogen) atoms. The van der Waals surface area contributed by atoms with E-state index in [-0.39, 0.29) is 23.4 Å². The number of pyridine rings is 2. The van der Waals surface area contributed by atoms with Crippen molar-refractivity contribution in [2.45, 2.75) is 12.6 Å². The van der Waals surface area contributed by atoms with Crippen LogP contribution >= 0.6 is 0 Å². The summed E-state index contributed by atoms with van der Waals surface area (Å²) in [6.07, 6.45) is 6.34. The molecule has 1 atom stereocenters. The van der Waals surface area contributed by atoms with Crippen molar-refractivity contribution in [1.29, 1.82) is 0 Å². The lowest BCUT2D eigenvalue weighted by Crippen LogP contribution is -2.29. The summed E-state index contributed by atoms with van der Waals surface area (Å²) in [6.45, 7) is 0.144. The summed E-state index contributed by atoms with van der Waals surface area (Å²) < 4.78 is 13.3. The van der Waals surface area contributed by atoms with Crippen LogP contribution in [-0.4, -0.2) is 31.7 Å². The van der Waals surface area contributed by atoms with E-state index in [1.165, 1.54) is 29.2 Å². The summed E-state index contributed by atoms with van der Waals surface area (Å²) in [5.74, 6) is -2.33. The summed E-state index contributed by atoms with van der Waals surface area (Å²) in [6, 6.07) is 11.2. The lowest BCUT2D eigenvalue weighted by atomic mass is 9.96. The van der Waals surface area contributed by atoms with E-state index in [0.717, 1.165) is 5.56 Å². The zero-order chi connectivity index (χ0) is 20.4. The van der Waals surface area contributed by atoms with Crippen molar-refractivity contribution in [2.75, 3.05) is 0 Å². The minimum absolute atomic E-state index is 0.0447. The second kappa shape index (κ2) is 7.63. The van der Waals surface area contributed by atoms with Crippen molar-refractivity contribution in [1.82, 2.24) is 14.9 Å². The summed E-state index contributed by atoms with van der Waals surface area (Å²) in [7, 11) is 0. The van der Waals surface area contributed by atoms with E-state index in [2.05, 4.69) is 9.97 Å². The van der Waals surface area contributed by atoms with Crippen LogP contribution in [0.5, 0.6) is 0 Å². The van der Waals surface area contributed by atoms with Gasteiger partial charge in [0.25, 0.3) is 11.7 Å². The highest BCUT2D eigenvalue weighted by Gasteiger charge is 2.46. The summed E-state index contributed by atoms with van der Waals surface area (Å²) in [4.78, 5) is 35.1. The first-order valence-corrected chi connectivity index (χ1v) is 8.89. The minimum Gasteiger partial charge on any atom is -0.507 e. The fourth-order valence-electron chi connectivity index (χ4n) is 3.39. The Morgan fingerprint density at radius 1 is 1.00 bits per heavy atom. The third kappa shape index (κ3) is 3.50. The second-order valence-electron chi connectivity index (χ2n) is 6.58. The van der Waals surface area contributed by atoms with Gasteiger partial charge in [-0.2, -0.15) is 0 Å². The lowest BCUT2D eigenvalue weighted by Gasteiger charge is -2.25. The van der Waals surface area contributed by atoms with Crippen molar-refractivity contribution in [3.05, 3.63) is 101 Å². The third-order valence-electron chi connectivity index (χ3n) is 4.76. The van der Waals surface area contributed by atoms with Crippen LogP contribution in [0.4, 0.5) is 4.39 Å². The number of hydrogen-bond acceptors (Lipinski definition) is 5. The quantitative estimate of drug-likeness (QED) is 0.421. The predicted molar refractivity (Wildman–Crippen MR) is 103 cm³/mol. The maximum absolute atomic E-state index is 13.3. The van der Waals surface area contributed by atoms with Crippen LogP contribution in [0.15, 0.2) is 78.9 Å². The largest absolute Gasteiger partial charge is 0.507 e. The van der Waals surface area contributed by atoms with Crippen LogP contribution in [0.2, 0.25) is 0 Å². The van der Waals surface area contributed by atoms with Gasteiger partial charge in [-0.15, -0.1) is 0 Å². The Kier molecular flexibility index (Phi) is 4.87. The van der Waals surface area contributed by atoms with Crippen molar-refractivity contribution < 1.29 is 19.1 Å². The first-order chi connectivity index (χ1) is 14.1. The number of carbonyl (C=O) groups is 2. The number of likely N-dealkylation sites (tertiary alicyclic amines) is 1. The molecule has 0 spiro atoms. The minimum atomic E-state index is -0.803. The standard InChI is InChI=1S/C22H16FN3O3/c23-17-5-3-16(4-6-17)20(27)18-19(15-7-10-24-11-8-15)26(22(29)21(18)28)13-14-2-1-9-25-12-14/h1-12,19,27H,13H2/b20-18+/t19-/m0/s1. The van der Waals surface area contributed by atoms with Gasteiger partial charge in [-0.1, -0.05) is 6.07 Å². The molecule has 4 rings (SSSR count). The van der Waals surface area contributed by atoms with E-state index in [1.54, 1.807) is 49.1 Å². The van der Waals surface area contributed by atoms with Gasteiger partial charge >= 0.3 is 0 Å². The molecule has 144 valence electrons. The summed E-state index contributed by atoms with van der Waals surface area (Å²) in [5.41, 5.74) is 1.59. The van der Waals surface area contributed by atoms with Crippen LogP contribution in [0, 0.1) is 5.82 Å². The van der Waals surface area contributed by atoms with Gasteiger partial charge < -0.3 is 10.0 Å². The molecule has 6 nitrogen and oxygen atoms in total. The number of halogens is 1. The van der Waals surface area contributed by atoms with Gasteiger partial charge in [0.2, 0.25) is 0 Å². The Hall–Kier alpha value is -3.87. The van der Waals surface area contributed by atoms with Crippen LogP contribution in [0.3, 0.4) is 0 Å². The van der Waals surface area contributed by atoms with Crippen LogP contribution in [-0.2, 0) is 16.1 Å². The molecule has 3 heterocycles. The van der Waals surface area contributed by atoms with Crippen molar-refractivity contribution >= 4 is 17.4 Å². The Morgan fingerprint density at radius 2 is 1.72 bits per heavy atom. The molecule has 0 unspecified atom stereocenters. The van der Waals surface area contributed by atoms with Gasteiger partial charge in [-0.3, -0.25) is 19.6 Å². The zero-order valence-corrected chi connectivity index (χ0v) is 15.2. The molecule has 0 saturated carbocycles. The molecule has 1 N–H and O–H groups in total. The number of aliphatic hydroxyl groups is 1. The number of ketones is 1. The number of benzene rings is 1. The number of rotatable bonds is 4. The average Bonchev–Trinajstić information content (AvgIpc) is 3.00. The van der Waals surface area contributed by atoms with Gasteiger partial charge in [0.05, 0.1) is 11.6 Å². The molecule has 7 heteroatoms. The van der Waals surface area contributed by atoms with Crippen LogP contribution < -0.4 is 0 Å². The molecule has 0 radical (unpaired) electrons. The number of carbonyl (C=O) groups excluding carboxylic acids is 2. The van der Waals surface area contributed by atoms with Gasteiger partial charge in [0, 0.05) is 36.9 Å². The van der Waals surface area contributed by atoms with E-state index >= 15 is 0 Å². The van der Waals surface area contributed by atoms with Crippen LogP contribution in [0.1, 0.15) is 22.7 Å². The molecule has 1 aromatic carbocycles. The van der Waals surface area contributed by atoms with Crippen molar-refractivity contribution in [2.24, 2.45) is 0 Å². The number of Topliss-reactive ketones (excluding diaryl/α,β-unsaturated/α-hetero) is 1. The highest BCUT2D eigenvalue weighted by atomic mass is 19.1. The number of nitrogens with zero attached hydrogens (tertiary/aromatic N) is 3. The molecule has 2 aromatic heterocycles. The Bertz CT molecular complexity index is 1080. The second-order valence-corrected chi connectivity index (χ2v) is 6.58. The molecule has 0 bridgehead atoms. The molecule has 0 aliphatic carbocycles. The lowest BCUT2D eigenvalue weighted by molar-refractivity contribution is -0.140. The van der Waals surface area contributed by atoms with Crippen LogP contribution in [0.25, 0.3) is 5.76 Å². The summed E-state index contributed by atoms with van der Waals surface area (Å²) >= 11 is 0. The fraction of sp³-hybridized carbons (Fsp3) is 0.0909. The van der Waals surface area contributed by atoms with Gasteiger partial charge in [-0.25, -0.2) is 4.39 Å². The highest BCUT2D eigenvalue weighted by Crippen LogP contribution is 2.39. The maximum atomic E-state index is 13.3. The van der Waals surface area contributed by atoms with Crippen molar-refractivity contribution in [3.63, 3.8) is 0 Å². The molecular weight excluding hydrogens is 373 g/mol. The maximum Gasteiger partial charge on any atom is 0.295 e. The Labute approximate surface area is 166 Å². The Morgan fingerprint density at radius 3 is 2.38 bits per heavy atom. The SMILES string of the molecule is O=C1C(=O)N(Cc2cccnc2)[C@@H](c2ccncc2)/C1=C(\O)c1ccc(F)cc1. The number of aromatic nitrogens is 2. The van der Waals surface area contributed by atoms with Crippen molar-refractivity contribution in [3.8, 4) is 0 Å². The van der Waals surface area contributed by atoms with Gasteiger partial charge in [0.15, 0.2) is 0 Å². The number of aliphatic hydroxyl groups excluding tert-OH is 1. The van der Waals surface area contributed by atoms with E-state index in [1.807, 2.05) is 0 Å². The topological polar surface area (TPSA) is 83.4 Å². The molecular formula is C22H16FN3O3. The molecule has 1 fully saturated rings. The normalized spacial score (nSPS) is 18.2. The smallest absolute Gasteiger partial charge is 0.295 e. The first-order valence-electron chi connectivity index (χ1n) is 8.89. The molecule has 1 saturated heterocycles. The zero-order valence-electron chi connectivity index (χ0n) is 15.2.